The van der Waals surface area contributed by atoms with E-state index in [2.05, 4.69) is 54.6 Å². The molecule has 5 atom stereocenters. The standard InChI is InChI=1S/C32H53NO6Si/c1-23-24(2)28(22-37-30(35)26-14-10-9-11-15-26)38-31(25(23)3)36-21-13-12-16-29(34)33-19-17-27(18-20-33)39-40(7,8)32(4,5)6/h9-11,14-15,23-25,27-28,31H,12-13,16-22H2,1-8H3/t23?,24-,25+,28?,31-/m1/s1. The number of esters is 1. The van der Waals surface area contributed by atoms with Crippen molar-refractivity contribution >= 4 is 20.2 Å². The first-order chi connectivity index (χ1) is 18.8. The van der Waals surface area contributed by atoms with E-state index < -0.39 is 8.32 Å². The van der Waals surface area contributed by atoms with Crippen molar-refractivity contribution in [1.29, 1.82) is 0 Å². The van der Waals surface area contributed by atoms with Crippen LogP contribution in [0.5, 0.6) is 0 Å². The Morgan fingerprint density at radius 1 is 0.975 bits per heavy atom. The normalized spacial score (nSPS) is 26.5. The van der Waals surface area contributed by atoms with Gasteiger partial charge in [0, 0.05) is 38.1 Å². The van der Waals surface area contributed by atoms with Crippen LogP contribution in [-0.2, 0) is 23.4 Å². The summed E-state index contributed by atoms with van der Waals surface area (Å²) in [6.45, 7) is 20.2. The third kappa shape index (κ3) is 8.88. The fourth-order valence-electron chi connectivity index (χ4n) is 5.24. The molecule has 2 aliphatic heterocycles. The van der Waals surface area contributed by atoms with E-state index in [9.17, 15) is 9.59 Å². The van der Waals surface area contributed by atoms with Crippen molar-refractivity contribution in [2.75, 3.05) is 26.3 Å². The zero-order valence-corrected chi connectivity index (χ0v) is 27.1. The third-order valence-electron chi connectivity index (χ3n) is 9.50. The van der Waals surface area contributed by atoms with Crippen LogP contribution in [0, 0.1) is 17.8 Å². The number of unbranched alkanes of at least 4 members (excludes halogenated alkanes) is 1. The fraction of sp³-hybridized carbons (Fsp3) is 0.750. The second kappa shape index (κ2) is 14.4. The molecule has 2 unspecified atom stereocenters. The smallest absolute Gasteiger partial charge is 0.338 e. The minimum atomic E-state index is -1.78. The van der Waals surface area contributed by atoms with Crippen molar-refractivity contribution in [3.8, 4) is 0 Å². The first-order valence-corrected chi connectivity index (χ1v) is 18.2. The van der Waals surface area contributed by atoms with E-state index in [0.717, 1.165) is 38.8 Å². The Morgan fingerprint density at radius 2 is 1.62 bits per heavy atom. The Hall–Kier alpha value is -1.74. The van der Waals surface area contributed by atoms with Gasteiger partial charge in [0.2, 0.25) is 5.91 Å². The van der Waals surface area contributed by atoms with Crippen LogP contribution in [0.3, 0.4) is 0 Å². The topological polar surface area (TPSA) is 74.3 Å². The summed E-state index contributed by atoms with van der Waals surface area (Å²) in [5.41, 5.74) is 0.540. The monoisotopic (exact) mass is 575 g/mol. The Labute approximate surface area is 243 Å². The van der Waals surface area contributed by atoms with Gasteiger partial charge in [-0.2, -0.15) is 0 Å². The maximum atomic E-state index is 12.8. The van der Waals surface area contributed by atoms with Gasteiger partial charge in [0.05, 0.1) is 11.7 Å². The number of carbonyl (C=O) groups excluding carboxylic acids is 2. The van der Waals surface area contributed by atoms with Crippen molar-refractivity contribution in [2.45, 2.75) is 110 Å². The van der Waals surface area contributed by atoms with Crippen LogP contribution < -0.4 is 0 Å². The largest absolute Gasteiger partial charge is 0.459 e. The number of carbonyl (C=O) groups is 2. The van der Waals surface area contributed by atoms with Gasteiger partial charge in [-0.25, -0.2) is 4.79 Å². The minimum Gasteiger partial charge on any atom is -0.459 e. The Bertz CT molecular complexity index is 940. The van der Waals surface area contributed by atoms with Gasteiger partial charge in [-0.05, 0) is 67.8 Å². The van der Waals surface area contributed by atoms with Gasteiger partial charge >= 0.3 is 5.97 Å². The van der Waals surface area contributed by atoms with Crippen molar-refractivity contribution in [3.05, 3.63) is 35.9 Å². The van der Waals surface area contributed by atoms with E-state index >= 15 is 0 Å². The highest BCUT2D eigenvalue weighted by molar-refractivity contribution is 6.74. The highest BCUT2D eigenvalue weighted by Crippen LogP contribution is 2.38. The maximum Gasteiger partial charge on any atom is 0.338 e. The first-order valence-electron chi connectivity index (χ1n) is 15.2. The van der Waals surface area contributed by atoms with E-state index in [0.29, 0.717) is 24.5 Å². The van der Waals surface area contributed by atoms with Crippen molar-refractivity contribution in [2.24, 2.45) is 17.8 Å². The summed E-state index contributed by atoms with van der Waals surface area (Å²) in [5, 5.41) is 0.203. The summed E-state index contributed by atoms with van der Waals surface area (Å²) < 4.78 is 24.6. The molecule has 0 aromatic heterocycles. The number of nitrogens with zero attached hydrogens (tertiary/aromatic N) is 1. The van der Waals surface area contributed by atoms with Gasteiger partial charge < -0.3 is 23.5 Å². The molecule has 7 nitrogen and oxygen atoms in total. The average Bonchev–Trinajstić information content (AvgIpc) is 2.91. The molecular weight excluding hydrogens is 522 g/mol. The van der Waals surface area contributed by atoms with Crippen LogP contribution in [0.25, 0.3) is 0 Å². The molecule has 2 fully saturated rings. The predicted molar refractivity (Wildman–Crippen MR) is 161 cm³/mol. The van der Waals surface area contributed by atoms with Gasteiger partial charge in [0.25, 0.3) is 0 Å². The molecular formula is C32H53NO6Si. The molecule has 2 saturated heterocycles. The van der Waals surface area contributed by atoms with Crippen LogP contribution in [-0.4, -0.2) is 69.9 Å². The lowest BCUT2D eigenvalue weighted by molar-refractivity contribution is -0.254. The number of hydrogen-bond acceptors (Lipinski definition) is 6. The van der Waals surface area contributed by atoms with E-state index in [1.54, 1.807) is 12.1 Å². The second-order valence-electron chi connectivity index (χ2n) is 13.4. The molecule has 0 aliphatic carbocycles. The van der Waals surface area contributed by atoms with Crippen LogP contribution in [0.1, 0.15) is 84.0 Å². The molecule has 40 heavy (non-hydrogen) atoms. The van der Waals surface area contributed by atoms with Crippen LogP contribution in [0.2, 0.25) is 18.1 Å². The molecule has 3 rings (SSSR count). The maximum absolute atomic E-state index is 12.8. The van der Waals surface area contributed by atoms with Crippen molar-refractivity contribution in [1.82, 2.24) is 4.90 Å². The summed E-state index contributed by atoms with van der Waals surface area (Å²) in [7, 11) is -1.78. The lowest BCUT2D eigenvalue weighted by Crippen LogP contribution is -2.48. The average molecular weight is 576 g/mol. The first kappa shape index (κ1) is 32.8. The summed E-state index contributed by atoms with van der Waals surface area (Å²) >= 11 is 0. The molecule has 2 heterocycles. The Balaban J connectivity index is 1.35. The third-order valence-corrected chi connectivity index (χ3v) is 14.0. The zero-order chi connectivity index (χ0) is 29.5. The molecule has 8 heteroatoms. The quantitative estimate of drug-likeness (QED) is 0.167. The summed E-state index contributed by atoms with van der Waals surface area (Å²) in [6.07, 6.45) is 3.71. The Kier molecular flexibility index (Phi) is 11.8. The lowest BCUT2D eigenvalue weighted by Gasteiger charge is -2.43. The molecule has 0 radical (unpaired) electrons. The van der Waals surface area contributed by atoms with E-state index in [4.69, 9.17) is 18.6 Å². The van der Waals surface area contributed by atoms with Crippen LogP contribution >= 0.6 is 0 Å². The van der Waals surface area contributed by atoms with Crippen LogP contribution in [0.15, 0.2) is 30.3 Å². The highest BCUT2D eigenvalue weighted by Gasteiger charge is 2.41. The second-order valence-corrected chi connectivity index (χ2v) is 18.1. The number of rotatable bonds is 11. The predicted octanol–water partition coefficient (Wildman–Crippen LogP) is 6.68. The molecule has 0 N–H and O–H groups in total. The number of hydrogen-bond donors (Lipinski definition) is 0. The van der Waals surface area contributed by atoms with Crippen molar-refractivity contribution < 1.29 is 28.2 Å². The minimum absolute atomic E-state index is 0.203. The van der Waals surface area contributed by atoms with Gasteiger partial charge in [-0.1, -0.05) is 59.7 Å². The number of likely N-dealkylation sites (tertiary alicyclic amines) is 1. The van der Waals surface area contributed by atoms with E-state index in [1.807, 2.05) is 23.1 Å². The molecule has 226 valence electrons. The van der Waals surface area contributed by atoms with Gasteiger partial charge in [-0.3, -0.25) is 4.79 Å². The van der Waals surface area contributed by atoms with Gasteiger partial charge in [0.1, 0.15) is 6.61 Å². The van der Waals surface area contributed by atoms with Gasteiger partial charge in [-0.15, -0.1) is 0 Å². The van der Waals surface area contributed by atoms with E-state index in [1.165, 1.54) is 0 Å². The molecule has 1 aromatic carbocycles. The van der Waals surface area contributed by atoms with Crippen molar-refractivity contribution in [3.63, 3.8) is 0 Å². The lowest BCUT2D eigenvalue weighted by atomic mass is 9.79. The number of benzene rings is 1. The number of ether oxygens (including phenoxy) is 3. The molecule has 0 saturated carbocycles. The molecule has 1 aromatic rings. The molecule has 2 aliphatic rings. The van der Waals surface area contributed by atoms with E-state index in [-0.39, 0.29) is 53.9 Å². The zero-order valence-electron chi connectivity index (χ0n) is 26.1. The highest BCUT2D eigenvalue weighted by atomic mass is 28.4. The molecule has 1 amide bonds. The number of piperidine rings is 1. The fourth-order valence-corrected chi connectivity index (χ4v) is 6.66. The summed E-state index contributed by atoms with van der Waals surface area (Å²) in [6, 6.07) is 9.03. The SMILES string of the molecule is CC1[C@@H](C)C(COC(=O)c2ccccc2)O[C@@H](OCCCCC(=O)N2CCC(O[Si](C)(C)C(C)(C)C)CC2)[C@H]1C. The summed E-state index contributed by atoms with van der Waals surface area (Å²) in [4.78, 5) is 27.2. The molecule has 0 bridgehead atoms. The number of amides is 1. The Morgan fingerprint density at radius 3 is 2.25 bits per heavy atom. The van der Waals surface area contributed by atoms with Crippen LogP contribution in [0.4, 0.5) is 0 Å². The molecule has 0 spiro atoms. The summed E-state index contributed by atoms with van der Waals surface area (Å²) in [5.74, 6) is 0.734. The van der Waals surface area contributed by atoms with Gasteiger partial charge in [0.15, 0.2) is 14.6 Å².